The van der Waals surface area contributed by atoms with Crippen molar-refractivity contribution in [1.29, 1.82) is 0 Å². The Kier molecular flexibility index (Phi) is 2.98. The Morgan fingerprint density at radius 2 is 1.88 bits per heavy atom. The van der Waals surface area contributed by atoms with Gasteiger partial charge in [0.2, 0.25) is 0 Å². The molecule has 0 aliphatic carbocycles. The third-order valence-electron chi connectivity index (χ3n) is 2.87. The van der Waals surface area contributed by atoms with Crippen molar-refractivity contribution in [2.75, 3.05) is 5.32 Å². The zero-order valence-electron chi connectivity index (χ0n) is 10.3. The van der Waals surface area contributed by atoms with Crippen molar-refractivity contribution in [3.63, 3.8) is 0 Å². The first-order chi connectivity index (χ1) is 7.97. The highest BCUT2D eigenvalue weighted by Crippen LogP contribution is 2.16. The van der Waals surface area contributed by atoms with Crippen LogP contribution in [0.3, 0.4) is 0 Å². The summed E-state index contributed by atoms with van der Waals surface area (Å²) in [5, 5.41) is 13.0. The second-order valence-electron chi connectivity index (χ2n) is 4.76. The predicted molar refractivity (Wildman–Crippen MR) is 68.9 cm³/mol. The number of anilines is 1. The average molecular weight is 231 g/mol. The standard InChI is InChI=1S/C13H17N3O/c1-9(13(2,3)17)15-12-8-14-10-6-4-5-7-11(10)16-12/h4-9,17H,1-3H3,(H,15,16)/t9-/m0/s1. The molecule has 17 heavy (non-hydrogen) atoms. The second-order valence-corrected chi connectivity index (χ2v) is 4.76. The summed E-state index contributed by atoms with van der Waals surface area (Å²) in [5.74, 6) is 0.679. The van der Waals surface area contributed by atoms with Gasteiger partial charge in [0.05, 0.1) is 28.9 Å². The molecular formula is C13H17N3O. The van der Waals surface area contributed by atoms with E-state index in [0.29, 0.717) is 5.82 Å². The van der Waals surface area contributed by atoms with E-state index < -0.39 is 5.60 Å². The van der Waals surface area contributed by atoms with Crippen LogP contribution in [-0.2, 0) is 0 Å². The first-order valence-corrected chi connectivity index (χ1v) is 5.67. The van der Waals surface area contributed by atoms with E-state index in [0.717, 1.165) is 11.0 Å². The zero-order valence-corrected chi connectivity index (χ0v) is 10.3. The number of hydrogen-bond donors (Lipinski definition) is 2. The van der Waals surface area contributed by atoms with Crippen LogP contribution in [0.1, 0.15) is 20.8 Å². The summed E-state index contributed by atoms with van der Waals surface area (Å²) in [6.45, 7) is 5.44. The van der Waals surface area contributed by atoms with Gasteiger partial charge in [0.15, 0.2) is 0 Å². The van der Waals surface area contributed by atoms with Gasteiger partial charge in [0.25, 0.3) is 0 Å². The molecule has 0 saturated heterocycles. The number of aromatic nitrogens is 2. The van der Waals surface area contributed by atoms with Crippen molar-refractivity contribution in [3.05, 3.63) is 30.5 Å². The highest BCUT2D eigenvalue weighted by atomic mass is 16.3. The van der Waals surface area contributed by atoms with Gasteiger partial charge in [-0.1, -0.05) is 12.1 Å². The van der Waals surface area contributed by atoms with Gasteiger partial charge in [0.1, 0.15) is 5.82 Å². The number of benzene rings is 1. The van der Waals surface area contributed by atoms with Crippen LogP contribution in [0, 0.1) is 0 Å². The lowest BCUT2D eigenvalue weighted by Gasteiger charge is -2.27. The van der Waals surface area contributed by atoms with Gasteiger partial charge in [0, 0.05) is 0 Å². The Hall–Kier alpha value is -1.68. The first-order valence-electron chi connectivity index (χ1n) is 5.67. The third-order valence-corrected chi connectivity index (χ3v) is 2.87. The van der Waals surface area contributed by atoms with E-state index in [4.69, 9.17) is 0 Å². The molecule has 2 N–H and O–H groups in total. The van der Waals surface area contributed by atoms with Gasteiger partial charge >= 0.3 is 0 Å². The first kappa shape index (κ1) is 11.8. The number of nitrogens with one attached hydrogen (secondary N) is 1. The Balaban J connectivity index is 2.25. The molecule has 2 aromatic rings. The number of aliphatic hydroxyl groups is 1. The minimum atomic E-state index is -0.798. The van der Waals surface area contributed by atoms with Crippen LogP contribution in [0.15, 0.2) is 30.5 Å². The quantitative estimate of drug-likeness (QED) is 0.850. The predicted octanol–water partition coefficient (Wildman–Crippen LogP) is 2.20. The Bertz CT molecular complexity index is 519. The van der Waals surface area contributed by atoms with Crippen molar-refractivity contribution in [1.82, 2.24) is 9.97 Å². The Morgan fingerprint density at radius 1 is 1.24 bits per heavy atom. The monoisotopic (exact) mass is 231 g/mol. The van der Waals surface area contributed by atoms with Gasteiger partial charge in [-0.3, -0.25) is 4.98 Å². The number of hydrogen-bond acceptors (Lipinski definition) is 4. The molecule has 0 spiro atoms. The molecule has 90 valence electrons. The molecular weight excluding hydrogens is 214 g/mol. The molecule has 1 aromatic carbocycles. The Morgan fingerprint density at radius 3 is 2.53 bits per heavy atom. The van der Waals surface area contributed by atoms with Crippen LogP contribution in [0.4, 0.5) is 5.82 Å². The summed E-state index contributed by atoms with van der Waals surface area (Å²) in [6, 6.07) is 7.61. The molecule has 4 nitrogen and oxygen atoms in total. The summed E-state index contributed by atoms with van der Waals surface area (Å²) in [5.41, 5.74) is 0.919. The molecule has 0 aliphatic rings. The zero-order chi connectivity index (χ0) is 12.5. The maximum absolute atomic E-state index is 9.85. The maximum atomic E-state index is 9.85. The van der Waals surface area contributed by atoms with Crippen molar-refractivity contribution >= 4 is 16.9 Å². The molecule has 0 aliphatic heterocycles. The number of fused-ring (bicyclic) bond motifs is 1. The lowest BCUT2D eigenvalue weighted by atomic mass is 10.0. The van der Waals surface area contributed by atoms with Crippen molar-refractivity contribution in [3.8, 4) is 0 Å². The molecule has 4 heteroatoms. The van der Waals surface area contributed by atoms with Crippen LogP contribution in [0.2, 0.25) is 0 Å². The highest BCUT2D eigenvalue weighted by molar-refractivity contribution is 5.75. The van der Waals surface area contributed by atoms with Gasteiger partial charge < -0.3 is 10.4 Å². The van der Waals surface area contributed by atoms with Crippen molar-refractivity contribution in [2.24, 2.45) is 0 Å². The number of rotatable bonds is 3. The minimum Gasteiger partial charge on any atom is -0.388 e. The lowest BCUT2D eigenvalue weighted by molar-refractivity contribution is 0.0648. The molecule has 1 aromatic heterocycles. The molecule has 0 bridgehead atoms. The average Bonchev–Trinajstić information content (AvgIpc) is 2.27. The summed E-state index contributed by atoms with van der Waals surface area (Å²) in [7, 11) is 0. The maximum Gasteiger partial charge on any atom is 0.145 e. The van der Waals surface area contributed by atoms with Crippen LogP contribution in [-0.4, -0.2) is 26.7 Å². The molecule has 1 atom stereocenters. The number of para-hydroxylation sites is 2. The SMILES string of the molecule is C[C@H](Nc1cnc2ccccc2n1)C(C)(C)O. The summed E-state index contributed by atoms with van der Waals surface area (Å²) in [6.07, 6.45) is 1.69. The largest absolute Gasteiger partial charge is 0.388 e. The van der Waals surface area contributed by atoms with E-state index in [2.05, 4.69) is 15.3 Å². The van der Waals surface area contributed by atoms with E-state index in [1.807, 2.05) is 31.2 Å². The summed E-state index contributed by atoms with van der Waals surface area (Å²) in [4.78, 5) is 8.75. The van der Waals surface area contributed by atoms with Crippen LogP contribution in [0.5, 0.6) is 0 Å². The fourth-order valence-corrected chi connectivity index (χ4v) is 1.43. The van der Waals surface area contributed by atoms with Crippen LogP contribution in [0.25, 0.3) is 11.0 Å². The van der Waals surface area contributed by atoms with Crippen LogP contribution < -0.4 is 5.32 Å². The fraction of sp³-hybridized carbons (Fsp3) is 0.385. The summed E-state index contributed by atoms with van der Waals surface area (Å²) < 4.78 is 0. The van der Waals surface area contributed by atoms with E-state index in [-0.39, 0.29) is 6.04 Å². The molecule has 2 rings (SSSR count). The third kappa shape index (κ3) is 2.71. The van der Waals surface area contributed by atoms with Crippen molar-refractivity contribution in [2.45, 2.75) is 32.4 Å². The topological polar surface area (TPSA) is 58.0 Å². The van der Waals surface area contributed by atoms with E-state index in [1.54, 1.807) is 20.0 Å². The molecule has 0 saturated carbocycles. The minimum absolute atomic E-state index is 0.0991. The van der Waals surface area contributed by atoms with Gasteiger partial charge in [-0.2, -0.15) is 0 Å². The van der Waals surface area contributed by atoms with E-state index in [9.17, 15) is 5.11 Å². The van der Waals surface area contributed by atoms with E-state index in [1.165, 1.54) is 0 Å². The fourth-order valence-electron chi connectivity index (χ4n) is 1.43. The second kappa shape index (κ2) is 4.30. The summed E-state index contributed by atoms with van der Waals surface area (Å²) >= 11 is 0. The highest BCUT2D eigenvalue weighted by Gasteiger charge is 2.22. The molecule has 0 radical (unpaired) electrons. The smallest absolute Gasteiger partial charge is 0.145 e. The van der Waals surface area contributed by atoms with E-state index >= 15 is 0 Å². The van der Waals surface area contributed by atoms with Gasteiger partial charge in [-0.25, -0.2) is 4.98 Å². The molecule has 0 fully saturated rings. The molecule has 0 amide bonds. The molecule has 0 unspecified atom stereocenters. The van der Waals surface area contributed by atoms with Gasteiger partial charge in [-0.05, 0) is 32.9 Å². The van der Waals surface area contributed by atoms with Crippen molar-refractivity contribution < 1.29 is 5.11 Å². The van der Waals surface area contributed by atoms with Crippen LogP contribution >= 0.6 is 0 Å². The normalized spacial score (nSPS) is 13.6. The lowest BCUT2D eigenvalue weighted by Crippen LogP contribution is -2.39. The number of nitrogens with zero attached hydrogens (tertiary/aromatic N) is 2. The molecule has 1 heterocycles. The van der Waals surface area contributed by atoms with Gasteiger partial charge in [-0.15, -0.1) is 0 Å². The Labute approximate surface area is 101 Å².